The summed E-state index contributed by atoms with van der Waals surface area (Å²) in [5.41, 5.74) is 12.9. The molecule has 0 radical (unpaired) electrons. The number of hydrogen-bond donors (Lipinski definition) is 0. The van der Waals surface area contributed by atoms with E-state index >= 15 is 0 Å². The van der Waals surface area contributed by atoms with Gasteiger partial charge in [-0.15, -0.1) is 0 Å². The summed E-state index contributed by atoms with van der Waals surface area (Å²) in [7, 11) is 0. The van der Waals surface area contributed by atoms with Crippen molar-refractivity contribution in [3.05, 3.63) is 211 Å². The number of para-hydroxylation sites is 1. The van der Waals surface area contributed by atoms with Gasteiger partial charge in [0, 0.05) is 16.5 Å². The summed E-state index contributed by atoms with van der Waals surface area (Å²) in [6, 6.07) is 60.9. The number of nitrogens with zero attached hydrogens (tertiary/aromatic N) is 1. The highest BCUT2D eigenvalue weighted by molar-refractivity contribution is 6.12. The van der Waals surface area contributed by atoms with E-state index in [2.05, 4.69) is 128 Å². The lowest BCUT2D eigenvalue weighted by atomic mass is 9.83. The maximum absolute atomic E-state index is 13.9. The molecule has 1 heterocycles. The fourth-order valence-electron chi connectivity index (χ4n) is 7.93. The highest BCUT2D eigenvalue weighted by atomic mass is 16.1. The van der Waals surface area contributed by atoms with Crippen molar-refractivity contribution in [2.45, 2.75) is 0 Å². The molecule has 250 valence electrons. The largest absolute Gasteiger partial charge is 0.276 e. The van der Waals surface area contributed by atoms with Crippen molar-refractivity contribution in [2.75, 3.05) is 0 Å². The van der Waals surface area contributed by atoms with Crippen LogP contribution in [0.4, 0.5) is 0 Å². The van der Waals surface area contributed by atoms with E-state index in [9.17, 15) is 4.79 Å². The fourth-order valence-corrected chi connectivity index (χ4v) is 7.93. The third kappa shape index (κ3) is 5.40. The molecule has 9 aromatic rings. The summed E-state index contributed by atoms with van der Waals surface area (Å²) >= 11 is 0. The van der Waals surface area contributed by atoms with Crippen molar-refractivity contribution >= 4 is 44.6 Å². The van der Waals surface area contributed by atoms with E-state index in [1.807, 2.05) is 77.4 Å². The molecule has 0 bridgehead atoms. The van der Waals surface area contributed by atoms with Gasteiger partial charge in [-0.3, -0.25) is 9.36 Å². The monoisotopic (exact) mass is 677 g/mol. The van der Waals surface area contributed by atoms with Crippen LogP contribution in [0, 0.1) is 0 Å². The lowest BCUT2D eigenvalue weighted by molar-refractivity contribution is 1.06. The topological polar surface area (TPSA) is 22.0 Å². The molecule has 0 saturated heterocycles. The van der Waals surface area contributed by atoms with Crippen LogP contribution >= 0.6 is 0 Å². The molecule has 0 aliphatic heterocycles. The predicted octanol–water partition coefficient (Wildman–Crippen LogP) is 13.3. The molecular weight excluding hydrogens is 643 g/mol. The summed E-state index contributed by atoms with van der Waals surface area (Å²) in [6.45, 7) is 8.64. The third-order valence-corrected chi connectivity index (χ3v) is 10.4. The average Bonchev–Trinajstić information content (AvgIpc) is 3.23. The summed E-state index contributed by atoms with van der Waals surface area (Å²) in [5, 5.41) is 4.99. The molecule has 9 rings (SSSR count). The lowest BCUT2D eigenvalue weighted by Gasteiger charge is -2.21. The first-order valence-corrected chi connectivity index (χ1v) is 17.9. The summed E-state index contributed by atoms with van der Waals surface area (Å²) in [4.78, 5) is 13.9. The van der Waals surface area contributed by atoms with E-state index in [1.54, 1.807) is 0 Å². The fraction of sp³-hybridized carbons (Fsp3) is 0. The van der Waals surface area contributed by atoms with Crippen LogP contribution in [-0.2, 0) is 0 Å². The number of fused-ring (bicyclic) bond motifs is 4. The standard InChI is InChI=1S/C51H35NO/c1-3-41-42(4-2)50(45-24-13-12-23-44(45)49(41)36-28-26-35(27-29-36)34-16-7-5-8-17-34)39-19-15-18-37(32-39)38-30-31-48-47(33-38)43-22-11-14-25-46(43)51(53)52(48)40-20-9-6-10-21-40/h3-33H,1-2H2. The van der Waals surface area contributed by atoms with Gasteiger partial charge in [0.1, 0.15) is 0 Å². The van der Waals surface area contributed by atoms with Crippen LogP contribution in [0.5, 0.6) is 0 Å². The number of aromatic nitrogens is 1. The molecule has 0 spiro atoms. The molecule has 1 aromatic heterocycles. The maximum Gasteiger partial charge on any atom is 0.263 e. The molecule has 53 heavy (non-hydrogen) atoms. The van der Waals surface area contributed by atoms with Gasteiger partial charge in [0.2, 0.25) is 0 Å². The summed E-state index contributed by atoms with van der Waals surface area (Å²) < 4.78 is 1.83. The Hall–Kier alpha value is -7.03. The van der Waals surface area contributed by atoms with Gasteiger partial charge in [0.15, 0.2) is 0 Å². The Labute approximate surface area is 308 Å². The second kappa shape index (κ2) is 13.3. The van der Waals surface area contributed by atoms with Gasteiger partial charge >= 0.3 is 0 Å². The first-order chi connectivity index (χ1) is 26.1. The van der Waals surface area contributed by atoms with Crippen LogP contribution in [0.15, 0.2) is 194 Å². The molecule has 0 amide bonds. The second-order valence-electron chi connectivity index (χ2n) is 13.3. The molecule has 0 aliphatic rings. The van der Waals surface area contributed by atoms with Gasteiger partial charge in [-0.25, -0.2) is 0 Å². The molecule has 0 fully saturated rings. The van der Waals surface area contributed by atoms with Crippen molar-refractivity contribution in [3.63, 3.8) is 0 Å². The van der Waals surface area contributed by atoms with Crippen LogP contribution < -0.4 is 5.56 Å². The van der Waals surface area contributed by atoms with Crippen molar-refractivity contribution in [3.8, 4) is 50.2 Å². The molecule has 8 aromatic carbocycles. The van der Waals surface area contributed by atoms with Crippen LogP contribution in [0.2, 0.25) is 0 Å². The zero-order valence-corrected chi connectivity index (χ0v) is 29.2. The van der Waals surface area contributed by atoms with Crippen LogP contribution in [0.3, 0.4) is 0 Å². The van der Waals surface area contributed by atoms with E-state index < -0.39 is 0 Å². The van der Waals surface area contributed by atoms with Gasteiger partial charge < -0.3 is 0 Å². The Bertz CT molecular complexity index is 2920. The second-order valence-corrected chi connectivity index (χ2v) is 13.3. The Morgan fingerprint density at radius 2 is 0.849 bits per heavy atom. The van der Waals surface area contributed by atoms with E-state index in [4.69, 9.17) is 0 Å². The molecule has 0 N–H and O–H groups in total. The molecule has 2 heteroatoms. The third-order valence-electron chi connectivity index (χ3n) is 10.4. The zero-order chi connectivity index (χ0) is 35.9. The quantitative estimate of drug-likeness (QED) is 0.154. The van der Waals surface area contributed by atoms with E-state index in [-0.39, 0.29) is 5.56 Å². The molecule has 2 nitrogen and oxygen atoms in total. The van der Waals surface area contributed by atoms with Gasteiger partial charge in [-0.1, -0.05) is 165 Å². The molecule has 0 atom stereocenters. The van der Waals surface area contributed by atoms with Crippen molar-refractivity contribution < 1.29 is 0 Å². The van der Waals surface area contributed by atoms with E-state index in [0.717, 1.165) is 77.3 Å². The van der Waals surface area contributed by atoms with Crippen LogP contribution in [-0.4, -0.2) is 4.57 Å². The first kappa shape index (κ1) is 31.9. The number of pyridine rings is 1. The number of rotatable bonds is 7. The zero-order valence-electron chi connectivity index (χ0n) is 29.2. The highest BCUT2D eigenvalue weighted by Gasteiger charge is 2.20. The van der Waals surface area contributed by atoms with Crippen molar-refractivity contribution in [1.82, 2.24) is 4.57 Å². The molecular formula is C51H35NO. The Balaban J connectivity index is 1.22. The van der Waals surface area contributed by atoms with Gasteiger partial charge in [0.05, 0.1) is 5.52 Å². The summed E-state index contributed by atoms with van der Waals surface area (Å²) in [5.74, 6) is 0. The van der Waals surface area contributed by atoms with E-state index in [0.29, 0.717) is 5.39 Å². The number of benzene rings is 8. The normalized spacial score (nSPS) is 11.2. The predicted molar refractivity (Wildman–Crippen MR) is 226 cm³/mol. The molecule has 0 saturated carbocycles. The maximum atomic E-state index is 13.9. The highest BCUT2D eigenvalue weighted by Crippen LogP contribution is 2.44. The minimum absolute atomic E-state index is 0.0218. The first-order valence-electron chi connectivity index (χ1n) is 17.9. The SMILES string of the molecule is C=Cc1c(C=C)c(-c2cccc(-c3ccc4c(c3)c3ccccc3c(=O)n4-c3ccccc3)c2)c2ccccc2c1-c1ccc(-c2ccccc2)cc1. The van der Waals surface area contributed by atoms with Crippen LogP contribution in [0.25, 0.3) is 94.8 Å². The average molecular weight is 678 g/mol. The lowest BCUT2D eigenvalue weighted by Crippen LogP contribution is -2.19. The Kier molecular flexibility index (Phi) is 7.99. The van der Waals surface area contributed by atoms with Crippen molar-refractivity contribution in [2.24, 2.45) is 0 Å². The van der Waals surface area contributed by atoms with Crippen molar-refractivity contribution in [1.29, 1.82) is 0 Å². The van der Waals surface area contributed by atoms with Gasteiger partial charge in [0.25, 0.3) is 5.56 Å². The summed E-state index contributed by atoms with van der Waals surface area (Å²) in [6.07, 6.45) is 3.94. The van der Waals surface area contributed by atoms with Gasteiger partial charge in [-0.05, 0) is 108 Å². The van der Waals surface area contributed by atoms with E-state index in [1.165, 1.54) is 11.1 Å². The Morgan fingerprint density at radius 3 is 1.51 bits per heavy atom. The van der Waals surface area contributed by atoms with Gasteiger partial charge in [-0.2, -0.15) is 0 Å². The minimum Gasteiger partial charge on any atom is -0.276 e. The minimum atomic E-state index is -0.0218. The van der Waals surface area contributed by atoms with Crippen LogP contribution in [0.1, 0.15) is 11.1 Å². The Morgan fingerprint density at radius 1 is 0.377 bits per heavy atom. The molecule has 0 unspecified atom stereocenters. The number of hydrogen-bond acceptors (Lipinski definition) is 1. The molecule has 0 aliphatic carbocycles. The smallest absolute Gasteiger partial charge is 0.263 e.